The molecule has 1 aromatic carbocycles. The Labute approximate surface area is 221 Å². The molecule has 9 nitrogen and oxygen atoms in total. The predicted molar refractivity (Wildman–Crippen MR) is 143 cm³/mol. The van der Waals surface area contributed by atoms with Gasteiger partial charge in [0.25, 0.3) is 0 Å². The number of anilines is 1. The van der Waals surface area contributed by atoms with Crippen LogP contribution < -0.4 is 15.2 Å². The molecule has 0 spiro atoms. The van der Waals surface area contributed by atoms with Crippen molar-refractivity contribution in [1.29, 1.82) is 0 Å². The molecule has 1 aliphatic carbocycles. The third kappa shape index (κ3) is 8.91. The van der Waals surface area contributed by atoms with Gasteiger partial charge in [0.2, 0.25) is 11.8 Å². The summed E-state index contributed by atoms with van der Waals surface area (Å²) in [6, 6.07) is 6.13. The third-order valence-electron chi connectivity index (χ3n) is 6.91. The lowest BCUT2D eigenvalue weighted by atomic mass is 9.94. The molecule has 0 bridgehead atoms. The summed E-state index contributed by atoms with van der Waals surface area (Å²) in [4.78, 5) is 40.9. The second-order valence-electron chi connectivity index (χ2n) is 10.6. The summed E-state index contributed by atoms with van der Waals surface area (Å²) >= 11 is 0. The zero-order chi connectivity index (χ0) is 26.8. The number of nitrogens with zero attached hydrogens (tertiary/aromatic N) is 3. The molecule has 1 aliphatic heterocycles. The Hall–Kier alpha value is -2.81. The highest BCUT2D eigenvalue weighted by atomic mass is 16.5. The van der Waals surface area contributed by atoms with Crippen molar-refractivity contribution in [2.24, 2.45) is 5.92 Å². The average molecular weight is 517 g/mol. The maximum Gasteiger partial charge on any atom is 0.320 e. The molecule has 1 fully saturated rings. The maximum atomic E-state index is 12.6. The van der Waals surface area contributed by atoms with Gasteiger partial charge in [-0.1, -0.05) is 40.0 Å². The molecule has 1 heterocycles. The smallest absolute Gasteiger partial charge is 0.320 e. The monoisotopic (exact) mass is 516 g/mol. The van der Waals surface area contributed by atoms with Crippen LogP contribution >= 0.6 is 0 Å². The van der Waals surface area contributed by atoms with Crippen LogP contribution in [-0.2, 0) is 25.7 Å². The van der Waals surface area contributed by atoms with Gasteiger partial charge >= 0.3 is 5.97 Å². The number of nitrogens with one attached hydrogen (secondary N) is 1. The standard InChI is InChI=1S/C28H44N4O5/c1-5-26(33)29-32-20-31(18-28(35)37-19-21(2)3)17-22-16-24(13-14-25(22)32)36-15-9-12-27(34)30(4)23-10-7-6-8-11-23/h13-14,16,21,23H,5-12,15,17-20H2,1-4H3,(H,29,33). The molecule has 1 aromatic rings. The molecule has 2 amide bonds. The minimum Gasteiger partial charge on any atom is -0.494 e. The Morgan fingerprint density at radius 2 is 1.92 bits per heavy atom. The number of hydrogen-bond acceptors (Lipinski definition) is 7. The van der Waals surface area contributed by atoms with Crippen LogP contribution in [0, 0.1) is 5.92 Å². The molecule has 0 saturated heterocycles. The number of carbonyl (C=O) groups is 3. The zero-order valence-electron chi connectivity index (χ0n) is 23.0. The van der Waals surface area contributed by atoms with Crippen LogP contribution in [0.5, 0.6) is 5.75 Å². The highest BCUT2D eigenvalue weighted by Crippen LogP contribution is 2.30. The van der Waals surface area contributed by atoms with Crippen LogP contribution in [-0.4, -0.2) is 67.1 Å². The molecule has 9 heteroatoms. The van der Waals surface area contributed by atoms with Gasteiger partial charge < -0.3 is 14.4 Å². The van der Waals surface area contributed by atoms with Gasteiger partial charge in [0.15, 0.2) is 0 Å². The Kier molecular flexibility index (Phi) is 11.0. The molecule has 1 N–H and O–H groups in total. The summed E-state index contributed by atoms with van der Waals surface area (Å²) in [5, 5.41) is 1.77. The number of hydrazine groups is 1. The van der Waals surface area contributed by atoms with Crippen LogP contribution in [0.1, 0.15) is 77.7 Å². The number of ether oxygens (including phenoxy) is 2. The summed E-state index contributed by atoms with van der Waals surface area (Å²) in [6.07, 6.45) is 7.39. The molecule has 2 aliphatic rings. The normalized spacial score (nSPS) is 16.3. The van der Waals surface area contributed by atoms with Crippen molar-refractivity contribution >= 4 is 23.5 Å². The first kappa shape index (κ1) is 28.8. The predicted octanol–water partition coefficient (Wildman–Crippen LogP) is 3.86. The Morgan fingerprint density at radius 1 is 1.16 bits per heavy atom. The van der Waals surface area contributed by atoms with E-state index < -0.39 is 0 Å². The molecular weight excluding hydrogens is 472 g/mol. The summed E-state index contributed by atoms with van der Waals surface area (Å²) in [5.41, 5.74) is 4.75. The average Bonchev–Trinajstić information content (AvgIpc) is 2.89. The Balaban J connectivity index is 1.56. The van der Waals surface area contributed by atoms with Crippen LogP contribution in [0.25, 0.3) is 0 Å². The molecule has 1 saturated carbocycles. The topological polar surface area (TPSA) is 91.4 Å². The third-order valence-corrected chi connectivity index (χ3v) is 6.91. The van der Waals surface area contributed by atoms with E-state index in [1.807, 2.05) is 48.9 Å². The largest absolute Gasteiger partial charge is 0.494 e. The van der Waals surface area contributed by atoms with Gasteiger partial charge in [-0.2, -0.15) is 0 Å². The van der Waals surface area contributed by atoms with E-state index in [2.05, 4.69) is 5.43 Å². The van der Waals surface area contributed by atoms with Gasteiger partial charge in [-0.25, -0.2) is 0 Å². The lowest BCUT2D eigenvalue weighted by Gasteiger charge is -2.37. The second kappa shape index (κ2) is 14.2. The number of carbonyl (C=O) groups excluding carboxylic acids is 3. The summed E-state index contributed by atoms with van der Waals surface area (Å²) in [5.74, 6) is 0.780. The van der Waals surface area contributed by atoms with Crippen molar-refractivity contribution in [1.82, 2.24) is 15.2 Å². The van der Waals surface area contributed by atoms with Crippen LogP contribution in [0.15, 0.2) is 18.2 Å². The van der Waals surface area contributed by atoms with E-state index in [4.69, 9.17) is 9.47 Å². The number of benzene rings is 1. The van der Waals surface area contributed by atoms with Gasteiger partial charge in [0, 0.05) is 32.5 Å². The first-order chi connectivity index (χ1) is 17.8. The number of hydrogen-bond donors (Lipinski definition) is 1. The van der Waals surface area contributed by atoms with Gasteiger partial charge in [-0.15, -0.1) is 0 Å². The van der Waals surface area contributed by atoms with Crippen molar-refractivity contribution in [3.8, 4) is 5.75 Å². The van der Waals surface area contributed by atoms with Gasteiger partial charge in [-0.3, -0.25) is 29.7 Å². The van der Waals surface area contributed by atoms with E-state index >= 15 is 0 Å². The molecular formula is C28H44N4O5. The number of esters is 1. The van der Waals surface area contributed by atoms with E-state index in [1.165, 1.54) is 19.3 Å². The number of amides is 2. The first-order valence-electron chi connectivity index (χ1n) is 13.7. The van der Waals surface area contributed by atoms with Gasteiger partial charge in [0.1, 0.15) is 5.75 Å². The minimum absolute atomic E-state index is 0.0987. The Bertz CT molecular complexity index is 916. The lowest BCUT2D eigenvalue weighted by Crippen LogP contribution is -2.52. The summed E-state index contributed by atoms with van der Waals surface area (Å²) in [6.45, 7) is 7.68. The van der Waals surface area contributed by atoms with Crippen molar-refractivity contribution in [3.63, 3.8) is 0 Å². The SMILES string of the molecule is CCC(=O)NN1CN(CC(=O)OCC(C)C)Cc2cc(OCCCC(=O)N(C)C3CCCCC3)ccc21. The fraction of sp³-hybridized carbons (Fsp3) is 0.679. The highest BCUT2D eigenvalue weighted by Gasteiger charge is 2.26. The van der Waals surface area contributed by atoms with E-state index in [0.29, 0.717) is 57.5 Å². The van der Waals surface area contributed by atoms with Gasteiger partial charge in [0.05, 0.1) is 32.1 Å². The first-order valence-corrected chi connectivity index (χ1v) is 13.7. The van der Waals surface area contributed by atoms with Crippen LogP contribution in [0.4, 0.5) is 5.69 Å². The zero-order valence-corrected chi connectivity index (χ0v) is 23.0. The Morgan fingerprint density at radius 3 is 2.62 bits per heavy atom. The summed E-state index contributed by atoms with van der Waals surface area (Å²) < 4.78 is 11.3. The lowest BCUT2D eigenvalue weighted by molar-refractivity contribution is -0.146. The highest BCUT2D eigenvalue weighted by molar-refractivity contribution is 5.78. The van der Waals surface area contributed by atoms with Crippen molar-refractivity contribution in [2.75, 3.05) is 38.5 Å². The maximum absolute atomic E-state index is 12.6. The van der Waals surface area contributed by atoms with E-state index in [9.17, 15) is 14.4 Å². The molecule has 0 radical (unpaired) electrons. The van der Waals surface area contributed by atoms with Crippen LogP contribution in [0.2, 0.25) is 0 Å². The van der Waals surface area contributed by atoms with Gasteiger partial charge in [-0.05, 0) is 48.9 Å². The van der Waals surface area contributed by atoms with Crippen molar-refractivity contribution in [2.45, 2.75) is 84.7 Å². The molecule has 206 valence electrons. The molecule has 0 aromatic heterocycles. The summed E-state index contributed by atoms with van der Waals surface area (Å²) in [7, 11) is 1.93. The van der Waals surface area contributed by atoms with E-state index in [1.54, 1.807) is 11.9 Å². The fourth-order valence-corrected chi connectivity index (χ4v) is 4.79. The van der Waals surface area contributed by atoms with Crippen molar-refractivity contribution in [3.05, 3.63) is 23.8 Å². The van der Waals surface area contributed by atoms with Crippen molar-refractivity contribution < 1.29 is 23.9 Å². The van der Waals surface area contributed by atoms with E-state index in [0.717, 1.165) is 24.1 Å². The van der Waals surface area contributed by atoms with Crippen LogP contribution in [0.3, 0.4) is 0 Å². The molecule has 0 atom stereocenters. The molecule has 37 heavy (non-hydrogen) atoms. The fourth-order valence-electron chi connectivity index (χ4n) is 4.79. The number of fused-ring (bicyclic) bond motifs is 1. The number of rotatable bonds is 12. The van der Waals surface area contributed by atoms with E-state index in [-0.39, 0.29) is 30.2 Å². The minimum atomic E-state index is -0.283. The quantitative estimate of drug-likeness (QED) is 0.333. The molecule has 3 rings (SSSR count). The second-order valence-corrected chi connectivity index (χ2v) is 10.6. The molecule has 0 unspecified atom stereocenters.